The summed E-state index contributed by atoms with van der Waals surface area (Å²) in [5.74, 6) is 0.786. The molecule has 1 aromatic carbocycles. The lowest BCUT2D eigenvalue weighted by Crippen LogP contribution is -2.48. The highest BCUT2D eigenvalue weighted by atomic mass is 127. The van der Waals surface area contributed by atoms with Crippen LogP contribution < -0.4 is 10.6 Å². The third-order valence-electron chi connectivity index (χ3n) is 4.44. The predicted octanol–water partition coefficient (Wildman–Crippen LogP) is 4.75. The fourth-order valence-corrected chi connectivity index (χ4v) is 3.80. The zero-order chi connectivity index (χ0) is 17.6. The highest BCUT2D eigenvalue weighted by Crippen LogP contribution is 2.33. The molecule has 0 aromatic heterocycles. The van der Waals surface area contributed by atoms with Crippen molar-refractivity contribution in [3.05, 3.63) is 33.8 Å². The quantitative estimate of drug-likeness (QED) is 0.336. The number of rotatable bonds is 5. The summed E-state index contributed by atoms with van der Waals surface area (Å²) in [6.07, 6.45) is 4.28. The first-order chi connectivity index (χ1) is 11.5. The second-order valence-corrected chi connectivity index (χ2v) is 8.05. The van der Waals surface area contributed by atoms with Gasteiger partial charge in [-0.05, 0) is 43.7 Å². The number of nitrogens with zero attached hydrogens (tertiary/aromatic N) is 1. The average molecular weight is 518 g/mol. The molecule has 1 atom stereocenters. The molecular weight excluding hydrogens is 492 g/mol. The van der Waals surface area contributed by atoms with E-state index in [2.05, 4.69) is 28.8 Å². The maximum atomic E-state index is 6.11. The van der Waals surface area contributed by atoms with Gasteiger partial charge in [-0.25, -0.2) is 0 Å². The number of hydrogen-bond acceptors (Lipinski definition) is 3. The Morgan fingerprint density at radius 3 is 2.56 bits per heavy atom. The lowest BCUT2D eigenvalue weighted by Gasteiger charge is -2.36. The summed E-state index contributed by atoms with van der Waals surface area (Å²) in [6.45, 7) is 4.60. The monoisotopic (exact) mass is 517 g/mol. The van der Waals surface area contributed by atoms with Crippen LogP contribution in [-0.2, 0) is 4.74 Å². The van der Waals surface area contributed by atoms with E-state index in [0.717, 1.165) is 44.1 Å². The molecule has 142 valence electrons. The van der Waals surface area contributed by atoms with Crippen molar-refractivity contribution in [3.63, 3.8) is 0 Å². The van der Waals surface area contributed by atoms with E-state index in [4.69, 9.17) is 27.9 Å². The van der Waals surface area contributed by atoms with Gasteiger partial charge in [-0.3, -0.25) is 4.99 Å². The van der Waals surface area contributed by atoms with Crippen LogP contribution in [0.3, 0.4) is 0 Å². The van der Waals surface area contributed by atoms with Gasteiger partial charge >= 0.3 is 0 Å². The molecule has 1 heterocycles. The minimum Gasteiger partial charge on any atom is -0.381 e. The van der Waals surface area contributed by atoms with Crippen LogP contribution >= 0.6 is 58.9 Å². The van der Waals surface area contributed by atoms with Crippen molar-refractivity contribution in [2.75, 3.05) is 33.1 Å². The Labute approximate surface area is 181 Å². The highest BCUT2D eigenvalue weighted by Gasteiger charge is 2.31. The van der Waals surface area contributed by atoms with Crippen molar-refractivity contribution in [2.24, 2.45) is 4.99 Å². The molecule has 0 radical (unpaired) electrons. The van der Waals surface area contributed by atoms with Gasteiger partial charge in [-0.1, -0.05) is 29.3 Å². The molecule has 2 rings (SSSR count). The Kier molecular flexibility index (Phi) is 10.2. The predicted molar refractivity (Wildman–Crippen MR) is 121 cm³/mol. The first-order valence-electron chi connectivity index (χ1n) is 8.05. The van der Waals surface area contributed by atoms with E-state index >= 15 is 0 Å². The average Bonchev–Trinajstić information content (AvgIpc) is 2.61. The summed E-state index contributed by atoms with van der Waals surface area (Å²) in [5, 5.41) is 8.00. The van der Waals surface area contributed by atoms with E-state index in [1.165, 1.54) is 0 Å². The third-order valence-corrected chi connectivity index (χ3v) is 6.59. The lowest BCUT2D eigenvalue weighted by atomic mass is 9.99. The lowest BCUT2D eigenvalue weighted by molar-refractivity contribution is 0.0782. The summed E-state index contributed by atoms with van der Waals surface area (Å²) < 4.78 is 5.70. The van der Waals surface area contributed by atoms with Crippen molar-refractivity contribution in [1.29, 1.82) is 0 Å². The highest BCUT2D eigenvalue weighted by molar-refractivity contribution is 14.0. The van der Waals surface area contributed by atoms with Gasteiger partial charge in [0, 0.05) is 31.6 Å². The molecule has 0 aliphatic carbocycles. The van der Waals surface area contributed by atoms with Crippen LogP contribution in [0.5, 0.6) is 0 Å². The van der Waals surface area contributed by atoms with Crippen LogP contribution in [0.4, 0.5) is 0 Å². The van der Waals surface area contributed by atoms with Gasteiger partial charge < -0.3 is 15.4 Å². The van der Waals surface area contributed by atoms with Gasteiger partial charge in [0.25, 0.3) is 0 Å². The number of guanidine groups is 1. The molecule has 0 bridgehead atoms. The summed E-state index contributed by atoms with van der Waals surface area (Å²) in [4.78, 5) is 4.34. The van der Waals surface area contributed by atoms with Crippen molar-refractivity contribution >= 4 is 64.9 Å². The maximum absolute atomic E-state index is 6.11. The summed E-state index contributed by atoms with van der Waals surface area (Å²) >= 11 is 14.0. The number of ether oxygens (including phenoxy) is 1. The number of hydrogen-bond donors (Lipinski definition) is 2. The van der Waals surface area contributed by atoms with Crippen LogP contribution in [0, 0.1) is 0 Å². The molecule has 1 aliphatic heterocycles. The third kappa shape index (κ3) is 6.65. The Bertz CT molecular complexity index is 583. The Morgan fingerprint density at radius 1 is 1.32 bits per heavy atom. The van der Waals surface area contributed by atoms with E-state index in [0.29, 0.717) is 10.0 Å². The van der Waals surface area contributed by atoms with Gasteiger partial charge in [-0.15, -0.1) is 24.0 Å². The van der Waals surface area contributed by atoms with Crippen LogP contribution in [0.1, 0.15) is 31.4 Å². The van der Waals surface area contributed by atoms with Crippen molar-refractivity contribution in [3.8, 4) is 0 Å². The molecule has 0 amide bonds. The van der Waals surface area contributed by atoms with E-state index < -0.39 is 0 Å². The van der Waals surface area contributed by atoms with Crippen molar-refractivity contribution < 1.29 is 4.74 Å². The molecule has 1 aromatic rings. The molecule has 1 fully saturated rings. The zero-order valence-corrected chi connectivity index (χ0v) is 19.4. The number of thioether (sulfide) groups is 1. The summed E-state index contributed by atoms with van der Waals surface area (Å²) in [7, 11) is 1.78. The fourth-order valence-electron chi connectivity index (χ4n) is 2.71. The summed E-state index contributed by atoms with van der Waals surface area (Å²) in [6, 6.07) is 5.75. The minimum absolute atomic E-state index is 0. The van der Waals surface area contributed by atoms with E-state index in [9.17, 15) is 0 Å². The standard InChI is InChI=1S/C17H25Cl2N3OS.HI/c1-12(13-4-5-14(18)15(19)10-13)22-16(20-2)21-11-17(24-3)6-8-23-9-7-17;/h4-5,10,12H,6-9,11H2,1-3H3,(H2,20,21,22);1H. The van der Waals surface area contributed by atoms with Crippen molar-refractivity contribution in [2.45, 2.75) is 30.6 Å². The van der Waals surface area contributed by atoms with E-state index in [1.54, 1.807) is 7.05 Å². The van der Waals surface area contributed by atoms with Crippen LogP contribution in [0.15, 0.2) is 23.2 Å². The normalized spacial score (nSPS) is 18.2. The SMILES string of the molecule is CN=C(NCC1(SC)CCOCC1)NC(C)c1ccc(Cl)c(Cl)c1.I. The number of aliphatic imine (C=N–C) groups is 1. The fraction of sp³-hybridized carbons (Fsp3) is 0.588. The number of nitrogens with one attached hydrogen (secondary N) is 2. The topological polar surface area (TPSA) is 45.7 Å². The molecule has 1 unspecified atom stereocenters. The molecule has 25 heavy (non-hydrogen) atoms. The Morgan fingerprint density at radius 2 is 2.00 bits per heavy atom. The molecule has 4 nitrogen and oxygen atoms in total. The van der Waals surface area contributed by atoms with Crippen LogP contribution in [0.2, 0.25) is 10.0 Å². The summed E-state index contributed by atoms with van der Waals surface area (Å²) in [5.41, 5.74) is 1.07. The van der Waals surface area contributed by atoms with Gasteiger partial charge in [0.15, 0.2) is 5.96 Å². The van der Waals surface area contributed by atoms with Gasteiger partial charge in [0.1, 0.15) is 0 Å². The number of halogens is 3. The molecule has 1 saturated heterocycles. The molecule has 1 aliphatic rings. The van der Waals surface area contributed by atoms with Gasteiger partial charge in [0.2, 0.25) is 0 Å². The van der Waals surface area contributed by atoms with Crippen molar-refractivity contribution in [1.82, 2.24) is 10.6 Å². The number of benzene rings is 1. The minimum atomic E-state index is 0. The Balaban J connectivity index is 0.00000312. The largest absolute Gasteiger partial charge is 0.381 e. The van der Waals surface area contributed by atoms with E-state index in [1.807, 2.05) is 30.0 Å². The zero-order valence-electron chi connectivity index (χ0n) is 14.8. The maximum Gasteiger partial charge on any atom is 0.191 e. The second kappa shape index (κ2) is 11.1. The molecule has 0 saturated carbocycles. The first-order valence-corrected chi connectivity index (χ1v) is 10.0. The van der Waals surface area contributed by atoms with Gasteiger partial charge in [0.05, 0.1) is 16.1 Å². The molecular formula is C17H26Cl2IN3OS. The van der Waals surface area contributed by atoms with Crippen LogP contribution in [0.25, 0.3) is 0 Å². The smallest absolute Gasteiger partial charge is 0.191 e. The van der Waals surface area contributed by atoms with Crippen LogP contribution in [-0.4, -0.2) is 43.8 Å². The second-order valence-electron chi connectivity index (χ2n) is 5.96. The molecule has 2 N–H and O–H groups in total. The molecule has 0 spiro atoms. The molecule has 8 heteroatoms. The van der Waals surface area contributed by atoms with Gasteiger partial charge in [-0.2, -0.15) is 11.8 Å². The first kappa shape index (κ1) is 23.1. The van der Waals surface area contributed by atoms with E-state index in [-0.39, 0.29) is 34.8 Å². The Hall–Kier alpha value is 0.110.